The van der Waals surface area contributed by atoms with Crippen molar-refractivity contribution in [1.82, 2.24) is 9.88 Å². The summed E-state index contributed by atoms with van der Waals surface area (Å²) in [6.07, 6.45) is 1.80. The lowest BCUT2D eigenvalue weighted by Gasteiger charge is -2.35. The zero-order valence-electron chi connectivity index (χ0n) is 10.5. The van der Waals surface area contributed by atoms with E-state index in [0.717, 1.165) is 36.9 Å². The van der Waals surface area contributed by atoms with Crippen molar-refractivity contribution in [3.63, 3.8) is 0 Å². The molecule has 1 saturated heterocycles. The summed E-state index contributed by atoms with van der Waals surface area (Å²) in [4.78, 5) is 21.5. The summed E-state index contributed by atoms with van der Waals surface area (Å²) in [5, 5.41) is 1.94. The van der Waals surface area contributed by atoms with Gasteiger partial charge in [0, 0.05) is 32.4 Å². The summed E-state index contributed by atoms with van der Waals surface area (Å²) in [7, 11) is 0. The first-order valence-corrected chi connectivity index (χ1v) is 7.21. The number of anilines is 1. The van der Waals surface area contributed by atoms with Gasteiger partial charge in [0.2, 0.25) is 0 Å². The van der Waals surface area contributed by atoms with E-state index >= 15 is 0 Å². The molecular formula is C14H15N3OS. The van der Waals surface area contributed by atoms with Crippen molar-refractivity contribution in [2.45, 2.75) is 0 Å². The van der Waals surface area contributed by atoms with E-state index in [0.29, 0.717) is 0 Å². The molecule has 0 saturated carbocycles. The van der Waals surface area contributed by atoms with E-state index in [-0.39, 0.29) is 5.91 Å². The second-order valence-corrected chi connectivity index (χ2v) is 5.39. The molecule has 2 aromatic heterocycles. The molecule has 0 bridgehead atoms. The largest absolute Gasteiger partial charge is 0.353 e. The molecule has 0 spiro atoms. The third kappa shape index (κ3) is 2.61. The predicted octanol–water partition coefficient (Wildman–Crippen LogP) is 2.11. The molecule has 3 rings (SSSR count). The summed E-state index contributed by atoms with van der Waals surface area (Å²) in [5.41, 5.74) is 0. The maximum Gasteiger partial charge on any atom is 0.264 e. The molecule has 1 aliphatic rings. The van der Waals surface area contributed by atoms with Crippen LogP contribution in [-0.4, -0.2) is 42.0 Å². The maximum absolute atomic E-state index is 12.2. The number of pyridine rings is 1. The molecule has 0 atom stereocenters. The summed E-state index contributed by atoms with van der Waals surface area (Å²) in [6, 6.07) is 9.72. The molecule has 2 aromatic rings. The Morgan fingerprint density at radius 2 is 1.95 bits per heavy atom. The zero-order chi connectivity index (χ0) is 13.1. The number of aromatic nitrogens is 1. The van der Waals surface area contributed by atoms with Crippen molar-refractivity contribution in [2.24, 2.45) is 0 Å². The van der Waals surface area contributed by atoms with Crippen LogP contribution in [0.4, 0.5) is 5.82 Å². The Morgan fingerprint density at radius 3 is 2.58 bits per heavy atom. The van der Waals surface area contributed by atoms with E-state index in [1.165, 1.54) is 11.3 Å². The molecule has 0 N–H and O–H groups in total. The van der Waals surface area contributed by atoms with Gasteiger partial charge in [-0.05, 0) is 23.6 Å². The molecule has 1 amide bonds. The van der Waals surface area contributed by atoms with Crippen LogP contribution in [0.5, 0.6) is 0 Å². The van der Waals surface area contributed by atoms with Gasteiger partial charge in [-0.1, -0.05) is 12.1 Å². The maximum atomic E-state index is 12.2. The zero-order valence-corrected chi connectivity index (χ0v) is 11.3. The minimum absolute atomic E-state index is 0.149. The van der Waals surface area contributed by atoms with Gasteiger partial charge < -0.3 is 9.80 Å². The Morgan fingerprint density at radius 1 is 1.11 bits per heavy atom. The van der Waals surface area contributed by atoms with Gasteiger partial charge in [-0.3, -0.25) is 4.79 Å². The van der Waals surface area contributed by atoms with Gasteiger partial charge in [0.15, 0.2) is 0 Å². The van der Waals surface area contributed by atoms with Crippen molar-refractivity contribution in [2.75, 3.05) is 31.1 Å². The van der Waals surface area contributed by atoms with Crippen molar-refractivity contribution in [3.05, 3.63) is 46.8 Å². The lowest BCUT2D eigenvalue weighted by Crippen LogP contribution is -2.48. The van der Waals surface area contributed by atoms with Crippen molar-refractivity contribution < 1.29 is 4.79 Å². The number of hydrogen-bond donors (Lipinski definition) is 0. The van der Waals surface area contributed by atoms with Gasteiger partial charge in [-0.15, -0.1) is 11.3 Å². The third-order valence-electron chi connectivity index (χ3n) is 3.27. The first kappa shape index (κ1) is 12.2. The number of thiophene rings is 1. The fourth-order valence-corrected chi connectivity index (χ4v) is 2.93. The number of hydrogen-bond acceptors (Lipinski definition) is 4. The van der Waals surface area contributed by atoms with E-state index in [4.69, 9.17) is 0 Å². The van der Waals surface area contributed by atoms with Gasteiger partial charge in [0.25, 0.3) is 5.91 Å². The van der Waals surface area contributed by atoms with E-state index < -0.39 is 0 Å². The Kier molecular flexibility index (Phi) is 3.46. The molecule has 1 fully saturated rings. The third-order valence-corrected chi connectivity index (χ3v) is 4.13. The Hall–Kier alpha value is -1.88. The number of carbonyl (C=O) groups is 1. The molecule has 0 aromatic carbocycles. The average Bonchev–Trinajstić information content (AvgIpc) is 3.02. The van der Waals surface area contributed by atoms with Crippen LogP contribution >= 0.6 is 11.3 Å². The molecule has 1 aliphatic heterocycles. The van der Waals surface area contributed by atoms with E-state index in [9.17, 15) is 4.79 Å². The average molecular weight is 273 g/mol. The summed E-state index contributed by atoms with van der Waals surface area (Å²) in [5.74, 6) is 1.14. The van der Waals surface area contributed by atoms with Crippen molar-refractivity contribution >= 4 is 23.1 Å². The van der Waals surface area contributed by atoms with Crippen LogP contribution < -0.4 is 4.90 Å². The molecule has 0 unspecified atom stereocenters. The van der Waals surface area contributed by atoms with Crippen LogP contribution in [0.25, 0.3) is 0 Å². The highest BCUT2D eigenvalue weighted by atomic mass is 32.1. The number of nitrogens with zero attached hydrogens (tertiary/aromatic N) is 3. The van der Waals surface area contributed by atoms with E-state index in [2.05, 4.69) is 9.88 Å². The van der Waals surface area contributed by atoms with Gasteiger partial charge in [-0.25, -0.2) is 4.98 Å². The summed E-state index contributed by atoms with van der Waals surface area (Å²) >= 11 is 1.50. The Labute approximate surface area is 116 Å². The standard InChI is InChI=1S/C14H15N3OS/c18-14(12-4-3-11-19-12)17-9-7-16(8-10-17)13-5-1-2-6-15-13/h1-6,11H,7-10H2. The predicted molar refractivity (Wildman–Crippen MR) is 76.7 cm³/mol. The minimum Gasteiger partial charge on any atom is -0.353 e. The fraction of sp³-hybridized carbons (Fsp3) is 0.286. The van der Waals surface area contributed by atoms with Crippen LogP contribution in [0, 0.1) is 0 Å². The van der Waals surface area contributed by atoms with E-state index in [1.54, 1.807) is 6.20 Å². The second-order valence-electron chi connectivity index (χ2n) is 4.44. The van der Waals surface area contributed by atoms with Crippen LogP contribution in [-0.2, 0) is 0 Å². The van der Waals surface area contributed by atoms with Crippen LogP contribution in [0.15, 0.2) is 41.9 Å². The van der Waals surface area contributed by atoms with Gasteiger partial charge in [0.05, 0.1) is 4.88 Å². The highest BCUT2D eigenvalue weighted by Gasteiger charge is 2.22. The number of carbonyl (C=O) groups excluding carboxylic acids is 1. The lowest BCUT2D eigenvalue weighted by atomic mass is 10.3. The first-order chi connectivity index (χ1) is 9.34. The van der Waals surface area contributed by atoms with Gasteiger partial charge in [0.1, 0.15) is 5.82 Å². The van der Waals surface area contributed by atoms with Gasteiger partial charge in [-0.2, -0.15) is 0 Å². The quantitative estimate of drug-likeness (QED) is 0.841. The summed E-state index contributed by atoms with van der Waals surface area (Å²) < 4.78 is 0. The molecule has 98 valence electrons. The minimum atomic E-state index is 0.149. The fourth-order valence-electron chi connectivity index (χ4n) is 2.24. The van der Waals surface area contributed by atoms with Crippen LogP contribution in [0.1, 0.15) is 9.67 Å². The molecule has 3 heterocycles. The van der Waals surface area contributed by atoms with Crippen molar-refractivity contribution in [1.29, 1.82) is 0 Å². The highest BCUT2D eigenvalue weighted by molar-refractivity contribution is 7.12. The monoisotopic (exact) mass is 273 g/mol. The molecule has 0 radical (unpaired) electrons. The van der Waals surface area contributed by atoms with E-state index in [1.807, 2.05) is 40.6 Å². The number of piperazine rings is 1. The topological polar surface area (TPSA) is 36.4 Å². The van der Waals surface area contributed by atoms with Crippen molar-refractivity contribution in [3.8, 4) is 0 Å². The van der Waals surface area contributed by atoms with Gasteiger partial charge >= 0.3 is 0 Å². The lowest BCUT2D eigenvalue weighted by molar-refractivity contribution is 0.0751. The normalized spacial score (nSPS) is 15.6. The van der Waals surface area contributed by atoms with Crippen LogP contribution in [0.3, 0.4) is 0 Å². The highest BCUT2D eigenvalue weighted by Crippen LogP contribution is 2.16. The SMILES string of the molecule is O=C(c1cccs1)N1CCN(c2ccccn2)CC1. The van der Waals surface area contributed by atoms with Crippen LogP contribution in [0.2, 0.25) is 0 Å². The number of amides is 1. The molecule has 4 nitrogen and oxygen atoms in total. The number of rotatable bonds is 2. The smallest absolute Gasteiger partial charge is 0.264 e. The first-order valence-electron chi connectivity index (χ1n) is 6.33. The summed E-state index contributed by atoms with van der Waals surface area (Å²) in [6.45, 7) is 3.20. The molecule has 19 heavy (non-hydrogen) atoms. The molecule has 0 aliphatic carbocycles. The molecular weight excluding hydrogens is 258 g/mol. The Balaban J connectivity index is 1.62. The molecule has 5 heteroatoms. The Bertz CT molecular complexity index is 533. The second kappa shape index (κ2) is 5.40.